The van der Waals surface area contributed by atoms with Gasteiger partial charge in [-0.2, -0.15) is 5.10 Å². The van der Waals surface area contributed by atoms with E-state index < -0.39 is 5.82 Å². The zero-order valence-electron chi connectivity index (χ0n) is 15.9. The van der Waals surface area contributed by atoms with E-state index in [4.69, 9.17) is 0 Å². The molecular weight excluding hydrogens is 373 g/mol. The van der Waals surface area contributed by atoms with E-state index in [1.165, 1.54) is 12.1 Å². The zero-order valence-corrected chi connectivity index (χ0v) is 15.9. The monoisotopic (exact) mass is 393 g/mol. The number of rotatable bonds is 3. The van der Waals surface area contributed by atoms with Gasteiger partial charge in [0.1, 0.15) is 17.2 Å². The number of piperazine rings is 1. The average Bonchev–Trinajstić information content (AvgIpc) is 2.76. The molecule has 0 radical (unpaired) electrons. The molecule has 3 aromatic rings. The van der Waals surface area contributed by atoms with Gasteiger partial charge < -0.3 is 9.80 Å². The maximum Gasteiger partial charge on any atom is 0.272 e. The highest BCUT2D eigenvalue weighted by Gasteiger charge is 2.25. The van der Waals surface area contributed by atoms with Gasteiger partial charge in [0.2, 0.25) is 0 Å². The van der Waals surface area contributed by atoms with E-state index in [1.807, 2.05) is 30.3 Å². The van der Waals surface area contributed by atoms with Gasteiger partial charge in [0.05, 0.1) is 11.9 Å². The lowest BCUT2D eigenvalue weighted by atomic mass is 10.1. The summed E-state index contributed by atoms with van der Waals surface area (Å²) in [4.78, 5) is 32.3. The summed E-state index contributed by atoms with van der Waals surface area (Å²) in [6.07, 6.45) is 1.08. The van der Waals surface area contributed by atoms with E-state index in [9.17, 15) is 14.0 Å². The van der Waals surface area contributed by atoms with Gasteiger partial charge in [0, 0.05) is 37.8 Å². The number of benzene rings is 1. The molecule has 29 heavy (non-hydrogen) atoms. The van der Waals surface area contributed by atoms with Crippen molar-refractivity contribution in [2.24, 2.45) is 0 Å². The highest BCUT2D eigenvalue weighted by molar-refractivity contribution is 5.92. The first-order chi connectivity index (χ1) is 14.0. The van der Waals surface area contributed by atoms with Crippen LogP contribution in [-0.2, 0) is 0 Å². The normalized spacial score (nSPS) is 14.1. The highest BCUT2D eigenvalue weighted by Crippen LogP contribution is 2.27. The number of anilines is 1. The molecule has 1 amide bonds. The van der Waals surface area contributed by atoms with Gasteiger partial charge in [-0.05, 0) is 18.6 Å². The molecule has 0 unspecified atom stereocenters. The summed E-state index contributed by atoms with van der Waals surface area (Å²) in [5.41, 5.74) is 2.69. The van der Waals surface area contributed by atoms with E-state index in [1.54, 1.807) is 11.8 Å². The number of hydrogen-bond acceptors (Lipinski definition) is 5. The lowest BCUT2D eigenvalue weighted by Crippen LogP contribution is -2.49. The Balaban J connectivity index is 1.53. The second kappa shape index (κ2) is 7.83. The van der Waals surface area contributed by atoms with Crippen molar-refractivity contribution < 1.29 is 9.18 Å². The first-order valence-corrected chi connectivity index (χ1v) is 9.34. The maximum atomic E-state index is 13.4. The number of nitrogens with one attached hydrogen (secondary N) is 1. The standard InChI is InChI=1S/C21H20FN5O2/c1-14-11-17(23-13-16(14)22)21(29)27-9-7-26(8-10-27)18-12-19(28)24-25-20(18)15-5-3-2-4-6-15/h2-6,11-13H,7-10H2,1H3,(H,24,28). The van der Waals surface area contributed by atoms with Crippen molar-refractivity contribution in [2.45, 2.75) is 6.92 Å². The molecule has 0 saturated carbocycles. The molecule has 148 valence electrons. The lowest BCUT2D eigenvalue weighted by Gasteiger charge is -2.36. The molecule has 1 aliphatic rings. The van der Waals surface area contributed by atoms with Crippen LogP contribution in [0.5, 0.6) is 0 Å². The van der Waals surface area contributed by atoms with Crippen LogP contribution in [0.3, 0.4) is 0 Å². The van der Waals surface area contributed by atoms with Crippen LogP contribution in [0.25, 0.3) is 11.3 Å². The first kappa shape index (κ1) is 18.8. The molecule has 0 atom stereocenters. The lowest BCUT2D eigenvalue weighted by molar-refractivity contribution is 0.0740. The summed E-state index contributed by atoms with van der Waals surface area (Å²) in [6.45, 7) is 3.65. The summed E-state index contributed by atoms with van der Waals surface area (Å²) >= 11 is 0. The van der Waals surface area contributed by atoms with Crippen molar-refractivity contribution in [1.82, 2.24) is 20.1 Å². The summed E-state index contributed by atoms with van der Waals surface area (Å²) in [5, 5.41) is 6.74. The van der Waals surface area contributed by atoms with Crippen LogP contribution in [0.4, 0.5) is 10.1 Å². The van der Waals surface area contributed by atoms with Crippen LogP contribution in [0.15, 0.2) is 53.5 Å². The predicted octanol–water partition coefficient (Wildman–Crippen LogP) is 2.24. The summed E-state index contributed by atoms with van der Waals surface area (Å²) in [7, 11) is 0. The number of aryl methyl sites for hydroxylation is 1. The Kier molecular flexibility index (Phi) is 5.07. The molecule has 4 rings (SSSR count). The van der Waals surface area contributed by atoms with Crippen molar-refractivity contribution >= 4 is 11.6 Å². The molecule has 1 aromatic carbocycles. The van der Waals surface area contributed by atoms with E-state index in [-0.39, 0.29) is 17.2 Å². The minimum atomic E-state index is -0.429. The smallest absolute Gasteiger partial charge is 0.272 e. The van der Waals surface area contributed by atoms with Crippen LogP contribution in [0.2, 0.25) is 0 Å². The van der Waals surface area contributed by atoms with Gasteiger partial charge in [-0.3, -0.25) is 9.59 Å². The number of pyridine rings is 1. The number of H-pyrrole nitrogens is 1. The molecule has 7 nitrogen and oxygen atoms in total. The molecule has 0 spiro atoms. The van der Waals surface area contributed by atoms with E-state index in [0.29, 0.717) is 37.4 Å². The number of carbonyl (C=O) groups excluding carboxylic acids is 1. The Morgan fingerprint density at radius 3 is 2.52 bits per heavy atom. The van der Waals surface area contributed by atoms with Gasteiger partial charge in [-0.1, -0.05) is 30.3 Å². The molecule has 1 N–H and O–H groups in total. The third-order valence-corrected chi connectivity index (χ3v) is 5.01. The second-order valence-electron chi connectivity index (χ2n) is 6.93. The number of aromatic nitrogens is 3. The summed E-state index contributed by atoms with van der Waals surface area (Å²) in [5.74, 6) is -0.651. The van der Waals surface area contributed by atoms with Crippen LogP contribution in [0, 0.1) is 12.7 Å². The fourth-order valence-electron chi connectivity index (χ4n) is 3.41. The van der Waals surface area contributed by atoms with Crippen molar-refractivity contribution in [1.29, 1.82) is 0 Å². The van der Waals surface area contributed by atoms with Crippen LogP contribution >= 0.6 is 0 Å². The first-order valence-electron chi connectivity index (χ1n) is 9.34. The topological polar surface area (TPSA) is 82.2 Å². The van der Waals surface area contributed by atoms with Crippen molar-refractivity contribution in [3.63, 3.8) is 0 Å². The largest absolute Gasteiger partial charge is 0.366 e. The Bertz CT molecular complexity index is 1090. The minimum absolute atomic E-state index is 0.222. The molecule has 1 fully saturated rings. The van der Waals surface area contributed by atoms with Gasteiger partial charge in [0.25, 0.3) is 11.5 Å². The number of amides is 1. The van der Waals surface area contributed by atoms with E-state index >= 15 is 0 Å². The third-order valence-electron chi connectivity index (χ3n) is 5.01. The fourth-order valence-corrected chi connectivity index (χ4v) is 3.41. The van der Waals surface area contributed by atoms with Gasteiger partial charge in [0.15, 0.2) is 0 Å². The molecule has 0 aliphatic carbocycles. The Hall–Kier alpha value is -3.55. The zero-order chi connectivity index (χ0) is 20.4. The van der Waals surface area contributed by atoms with Gasteiger partial charge in [-0.25, -0.2) is 14.5 Å². The third kappa shape index (κ3) is 3.87. The van der Waals surface area contributed by atoms with Gasteiger partial charge >= 0.3 is 0 Å². The predicted molar refractivity (Wildman–Crippen MR) is 107 cm³/mol. The van der Waals surface area contributed by atoms with E-state index in [0.717, 1.165) is 17.4 Å². The molecule has 3 heterocycles. The number of aromatic amines is 1. The van der Waals surface area contributed by atoms with Crippen molar-refractivity contribution in [2.75, 3.05) is 31.1 Å². The molecule has 1 aliphatic heterocycles. The van der Waals surface area contributed by atoms with Crippen LogP contribution < -0.4 is 10.5 Å². The van der Waals surface area contributed by atoms with Crippen LogP contribution in [0.1, 0.15) is 16.1 Å². The highest BCUT2D eigenvalue weighted by atomic mass is 19.1. The Morgan fingerprint density at radius 2 is 1.83 bits per heavy atom. The molecule has 1 saturated heterocycles. The summed E-state index contributed by atoms with van der Waals surface area (Å²) < 4.78 is 13.4. The SMILES string of the molecule is Cc1cc(C(=O)N2CCN(c3cc(=O)[nH]nc3-c3ccccc3)CC2)ncc1F. The molecule has 8 heteroatoms. The quantitative estimate of drug-likeness (QED) is 0.738. The average molecular weight is 393 g/mol. The second-order valence-corrected chi connectivity index (χ2v) is 6.93. The fraction of sp³-hybridized carbons (Fsp3) is 0.238. The number of hydrogen-bond donors (Lipinski definition) is 1. The van der Waals surface area contributed by atoms with Crippen LogP contribution in [-0.4, -0.2) is 52.2 Å². The number of nitrogens with zero attached hydrogens (tertiary/aromatic N) is 4. The summed E-state index contributed by atoms with van der Waals surface area (Å²) in [6, 6.07) is 12.6. The molecule has 2 aromatic heterocycles. The minimum Gasteiger partial charge on any atom is -0.366 e. The van der Waals surface area contributed by atoms with E-state index in [2.05, 4.69) is 20.1 Å². The maximum absolute atomic E-state index is 13.4. The van der Waals surface area contributed by atoms with Crippen molar-refractivity contribution in [3.8, 4) is 11.3 Å². The Labute approximate surface area is 166 Å². The molecule has 0 bridgehead atoms. The Morgan fingerprint density at radius 1 is 1.10 bits per heavy atom. The van der Waals surface area contributed by atoms with Crippen molar-refractivity contribution in [3.05, 3.63) is 76.1 Å². The van der Waals surface area contributed by atoms with Gasteiger partial charge in [-0.15, -0.1) is 0 Å². The number of carbonyl (C=O) groups is 1. The number of halogens is 1. The molecular formula is C21H20FN5O2.